The lowest BCUT2D eigenvalue weighted by atomic mass is 9.85. The number of likely N-dealkylation sites (tertiary alicyclic amines) is 1. The number of nitrogens with zero attached hydrogens (tertiary/aromatic N) is 3. The molecule has 1 saturated heterocycles. The summed E-state index contributed by atoms with van der Waals surface area (Å²) in [6, 6.07) is 1.31. The Labute approximate surface area is 239 Å². The van der Waals surface area contributed by atoms with Gasteiger partial charge in [-0.25, -0.2) is 14.6 Å². The van der Waals surface area contributed by atoms with Crippen molar-refractivity contribution < 1.29 is 38.4 Å². The highest BCUT2D eigenvalue weighted by Gasteiger charge is 2.46. The van der Waals surface area contributed by atoms with E-state index in [0.717, 1.165) is 12.8 Å². The molecule has 2 N–H and O–H groups in total. The number of aromatic nitrogens is 2. The van der Waals surface area contributed by atoms with Gasteiger partial charge in [0.05, 0.1) is 31.7 Å². The largest absolute Gasteiger partial charge is 0.493 e. The number of hydrogen-bond acceptors (Lipinski definition) is 9. The van der Waals surface area contributed by atoms with Gasteiger partial charge in [-0.1, -0.05) is 20.8 Å². The monoisotopic (exact) mass is 572 g/mol. The van der Waals surface area contributed by atoms with Crippen LogP contribution in [0.15, 0.2) is 12.1 Å². The fourth-order valence-corrected chi connectivity index (χ4v) is 4.82. The number of ether oxygens (including phenoxy) is 4. The first-order valence-corrected chi connectivity index (χ1v) is 13.7. The van der Waals surface area contributed by atoms with Gasteiger partial charge in [-0.15, -0.1) is 0 Å². The molecule has 0 spiro atoms. The molecule has 4 rings (SSSR count). The van der Waals surface area contributed by atoms with Gasteiger partial charge in [0, 0.05) is 18.4 Å². The van der Waals surface area contributed by atoms with Crippen LogP contribution < -0.4 is 19.5 Å². The number of fused-ring (bicyclic) bond motifs is 1. The van der Waals surface area contributed by atoms with Crippen molar-refractivity contribution in [1.82, 2.24) is 20.2 Å². The average Bonchev–Trinajstić information content (AvgIpc) is 3.63. The summed E-state index contributed by atoms with van der Waals surface area (Å²) in [5, 5.41) is 13.3. The Morgan fingerprint density at radius 3 is 2.20 bits per heavy atom. The molecule has 2 fully saturated rings. The number of hydrogen-bond donors (Lipinski definition) is 2. The number of carboxylic acid groups (broad SMARTS) is 1. The number of aliphatic carboxylic acids is 1. The van der Waals surface area contributed by atoms with Crippen molar-refractivity contribution in [2.45, 2.75) is 90.5 Å². The molecular formula is C29H40N4O8. The molecule has 12 nitrogen and oxygen atoms in total. The number of rotatable bonds is 8. The molecule has 1 aliphatic carbocycles. The molecular weight excluding hydrogens is 532 g/mol. The third kappa shape index (κ3) is 6.91. The van der Waals surface area contributed by atoms with Crippen LogP contribution in [0.2, 0.25) is 0 Å². The first-order chi connectivity index (χ1) is 19.1. The molecule has 1 aliphatic heterocycles. The van der Waals surface area contributed by atoms with Crippen molar-refractivity contribution in [2.24, 2.45) is 5.41 Å². The molecule has 41 heavy (non-hydrogen) atoms. The van der Waals surface area contributed by atoms with Crippen molar-refractivity contribution >= 4 is 28.9 Å². The third-order valence-corrected chi connectivity index (χ3v) is 7.01. The summed E-state index contributed by atoms with van der Waals surface area (Å²) in [6.45, 7) is 10.5. The predicted octanol–water partition coefficient (Wildman–Crippen LogP) is 3.90. The van der Waals surface area contributed by atoms with E-state index in [1.165, 1.54) is 12.0 Å². The number of amides is 2. The number of methoxy groups -OCH3 is 2. The van der Waals surface area contributed by atoms with Crippen LogP contribution in [0.4, 0.5) is 4.79 Å². The highest BCUT2D eigenvalue weighted by atomic mass is 16.6. The number of carboxylic acids is 1. The van der Waals surface area contributed by atoms with Gasteiger partial charge in [-0.3, -0.25) is 4.79 Å². The number of carbonyl (C=O) groups excluding carboxylic acids is 2. The van der Waals surface area contributed by atoms with E-state index in [2.05, 4.69) is 5.32 Å². The van der Waals surface area contributed by atoms with E-state index in [-0.39, 0.29) is 18.9 Å². The first-order valence-electron chi connectivity index (χ1n) is 13.7. The zero-order chi connectivity index (χ0) is 30.3. The molecule has 1 saturated carbocycles. The maximum atomic E-state index is 13.8. The molecule has 12 heteroatoms. The van der Waals surface area contributed by atoms with Crippen LogP contribution in [0.1, 0.15) is 72.5 Å². The van der Waals surface area contributed by atoms with Gasteiger partial charge in [-0.2, -0.15) is 4.98 Å². The zero-order valence-corrected chi connectivity index (χ0v) is 24.9. The van der Waals surface area contributed by atoms with E-state index in [1.54, 1.807) is 60.8 Å². The van der Waals surface area contributed by atoms with Crippen LogP contribution >= 0.6 is 0 Å². The molecule has 2 heterocycles. The minimum Gasteiger partial charge on any atom is -0.493 e. The maximum absolute atomic E-state index is 13.8. The quantitative estimate of drug-likeness (QED) is 0.477. The fraction of sp³-hybridized carbons (Fsp3) is 0.621. The van der Waals surface area contributed by atoms with E-state index in [1.807, 2.05) is 0 Å². The topological polar surface area (TPSA) is 149 Å². The van der Waals surface area contributed by atoms with E-state index < -0.39 is 47.2 Å². The van der Waals surface area contributed by atoms with Gasteiger partial charge in [0.15, 0.2) is 11.5 Å². The Hall–Kier alpha value is -3.83. The Morgan fingerprint density at radius 2 is 1.66 bits per heavy atom. The smallest absolute Gasteiger partial charge is 0.408 e. The van der Waals surface area contributed by atoms with E-state index in [0.29, 0.717) is 34.1 Å². The van der Waals surface area contributed by atoms with Crippen LogP contribution in [0.3, 0.4) is 0 Å². The standard InChI is InChI=1S/C29H40N4O8/c1-28(2,3)22(31-27(37)41-29(4,5)6)25(34)33-14-16(11-19(33)26(35)36)40-24-17-12-20(38-7)21(39-8)13-18(17)30-23(32-24)15-9-10-15/h12-13,15-16,19,22H,9-11,14H2,1-8H3,(H,31,37)(H,35,36)/t16-,19?,22-/m1/s1. The molecule has 2 aromatic rings. The lowest BCUT2D eigenvalue weighted by Gasteiger charge is -2.35. The number of alkyl carbamates (subject to hydrolysis) is 1. The molecule has 1 unspecified atom stereocenters. The molecule has 2 amide bonds. The van der Waals surface area contributed by atoms with Crippen LogP contribution in [0, 0.1) is 5.41 Å². The average molecular weight is 573 g/mol. The lowest BCUT2D eigenvalue weighted by molar-refractivity contribution is -0.150. The van der Waals surface area contributed by atoms with E-state index in [4.69, 9.17) is 28.9 Å². The van der Waals surface area contributed by atoms with E-state index in [9.17, 15) is 19.5 Å². The number of carbonyl (C=O) groups is 3. The fourth-order valence-electron chi connectivity index (χ4n) is 4.82. The molecule has 3 atom stereocenters. The van der Waals surface area contributed by atoms with Crippen LogP contribution in [0.25, 0.3) is 10.9 Å². The van der Waals surface area contributed by atoms with Gasteiger partial charge < -0.3 is 34.3 Å². The Bertz CT molecular complexity index is 1330. The number of benzene rings is 1. The summed E-state index contributed by atoms with van der Waals surface area (Å²) >= 11 is 0. The van der Waals surface area contributed by atoms with Crippen molar-refractivity contribution in [3.05, 3.63) is 18.0 Å². The maximum Gasteiger partial charge on any atom is 0.408 e. The minimum absolute atomic E-state index is 0.00404. The molecule has 1 aromatic heterocycles. The molecule has 1 aromatic carbocycles. The molecule has 2 aliphatic rings. The molecule has 0 radical (unpaired) electrons. The zero-order valence-electron chi connectivity index (χ0n) is 24.9. The minimum atomic E-state index is -1.16. The second-order valence-corrected chi connectivity index (χ2v) is 12.7. The third-order valence-electron chi connectivity index (χ3n) is 7.01. The number of nitrogens with one attached hydrogen (secondary N) is 1. The van der Waals surface area contributed by atoms with Gasteiger partial charge in [0.1, 0.15) is 29.6 Å². The predicted molar refractivity (Wildman–Crippen MR) is 149 cm³/mol. The summed E-state index contributed by atoms with van der Waals surface area (Å²) in [4.78, 5) is 49.4. The van der Waals surface area contributed by atoms with Gasteiger partial charge >= 0.3 is 12.1 Å². The molecule has 224 valence electrons. The van der Waals surface area contributed by atoms with Crippen molar-refractivity contribution in [1.29, 1.82) is 0 Å². The van der Waals surface area contributed by atoms with Gasteiger partial charge in [0.25, 0.3) is 0 Å². The van der Waals surface area contributed by atoms with Crippen LogP contribution in [0.5, 0.6) is 17.4 Å². The Kier molecular flexibility index (Phi) is 8.24. The first kappa shape index (κ1) is 30.1. The van der Waals surface area contributed by atoms with Crippen LogP contribution in [-0.2, 0) is 14.3 Å². The summed E-state index contributed by atoms with van der Waals surface area (Å²) in [6.07, 6.45) is 0.574. The Morgan fingerprint density at radius 1 is 1.02 bits per heavy atom. The van der Waals surface area contributed by atoms with Crippen LogP contribution in [-0.4, -0.2) is 82.5 Å². The summed E-state index contributed by atoms with van der Waals surface area (Å²) in [5.74, 6) is 0.470. The second-order valence-electron chi connectivity index (χ2n) is 12.7. The highest BCUT2D eigenvalue weighted by Crippen LogP contribution is 2.42. The molecule has 0 bridgehead atoms. The van der Waals surface area contributed by atoms with E-state index >= 15 is 0 Å². The second kappa shape index (κ2) is 11.2. The Balaban J connectivity index is 1.63. The summed E-state index contributed by atoms with van der Waals surface area (Å²) < 4.78 is 22.6. The highest BCUT2D eigenvalue weighted by molar-refractivity contribution is 5.91. The van der Waals surface area contributed by atoms with Crippen molar-refractivity contribution in [3.8, 4) is 17.4 Å². The van der Waals surface area contributed by atoms with Gasteiger partial charge in [-0.05, 0) is 45.1 Å². The van der Waals surface area contributed by atoms with Crippen molar-refractivity contribution in [3.63, 3.8) is 0 Å². The normalized spacial score (nSPS) is 20.0. The summed E-state index contributed by atoms with van der Waals surface area (Å²) in [7, 11) is 3.07. The van der Waals surface area contributed by atoms with Crippen molar-refractivity contribution in [2.75, 3.05) is 20.8 Å². The lowest BCUT2D eigenvalue weighted by Crippen LogP contribution is -2.57. The SMILES string of the molecule is COc1cc2nc(C3CC3)nc(O[C@@H]3CC(C(=O)O)N(C(=O)[C@@H](NC(=O)OC(C)(C)C)C(C)(C)C)C3)c2cc1OC. The van der Waals surface area contributed by atoms with Gasteiger partial charge in [0.2, 0.25) is 11.8 Å². The summed E-state index contributed by atoms with van der Waals surface area (Å²) in [5.41, 5.74) is -0.879.